The molecule has 68 valence electrons. The average molecular weight is 201 g/mol. The quantitative estimate of drug-likeness (QED) is 0.745. The van der Waals surface area contributed by atoms with Crippen molar-refractivity contribution >= 4 is 11.3 Å². The van der Waals surface area contributed by atoms with Crippen LogP contribution in [0.5, 0.6) is 11.5 Å². The number of benzene rings is 1. The van der Waals surface area contributed by atoms with Gasteiger partial charge in [0.1, 0.15) is 17.6 Å². The molecule has 0 aliphatic heterocycles. The Morgan fingerprint density at radius 3 is 2.79 bits per heavy atom. The van der Waals surface area contributed by atoms with Crippen molar-refractivity contribution in [1.29, 1.82) is 5.26 Å². The van der Waals surface area contributed by atoms with Crippen LogP contribution in [0, 0.1) is 11.3 Å². The zero-order valence-corrected chi connectivity index (χ0v) is 8.12. The van der Waals surface area contributed by atoms with E-state index in [9.17, 15) is 0 Å². The molecular weight excluding hydrogens is 194 g/mol. The van der Waals surface area contributed by atoms with E-state index in [4.69, 9.17) is 10.00 Å². The van der Waals surface area contributed by atoms with Crippen LogP contribution in [-0.2, 0) is 0 Å². The van der Waals surface area contributed by atoms with E-state index in [-0.39, 0.29) is 0 Å². The molecule has 0 amide bonds. The molecule has 0 aliphatic carbocycles. The van der Waals surface area contributed by atoms with Crippen LogP contribution in [0.2, 0.25) is 0 Å². The third-order valence-corrected chi connectivity index (χ3v) is 2.39. The van der Waals surface area contributed by atoms with Gasteiger partial charge >= 0.3 is 0 Å². The topological polar surface area (TPSA) is 33.0 Å². The minimum Gasteiger partial charge on any atom is -0.455 e. The van der Waals surface area contributed by atoms with Crippen LogP contribution in [0.25, 0.3) is 0 Å². The Hall–Kier alpha value is -1.79. The van der Waals surface area contributed by atoms with Crippen LogP contribution in [0.15, 0.2) is 41.1 Å². The lowest BCUT2D eigenvalue weighted by Crippen LogP contribution is -1.85. The molecule has 0 saturated heterocycles. The Labute approximate surface area is 86.0 Å². The predicted molar refractivity (Wildman–Crippen MR) is 55.6 cm³/mol. The van der Waals surface area contributed by atoms with E-state index in [0.29, 0.717) is 11.3 Å². The molecule has 0 atom stereocenters. The van der Waals surface area contributed by atoms with Crippen LogP contribution in [0.1, 0.15) is 5.56 Å². The molecule has 1 aromatic heterocycles. The Kier molecular flexibility index (Phi) is 2.48. The first-order valence-corrected chi connectivity index (χ1v) is 5.03. The van der Waals surface area contributed by atoms with Crippen molar-refractivity contribution < 1.29 is 4.74 Å². The summed E-state index contributed by atoms with van der Waals surface area (Å²) in [6, 6.07) is 11.2. The van der Waals surface area contributed by atoms with E-state index >= 15 is 0 Å². The van der Waals surface area contributed by atoms with Crippen molar-refractivity contribution in [3.63, 3.8) is 0 Å². The molecule has 2 nitrogen and oxygen atoms in total. The molecule has 0 fully saturated rings. The third-order valence-electron chi connectivity index (χ3n) is 1.73. The summed E-state index contributed by atoms with van der Waals surface area (Å²) in [6.07, 6.45) is 0. The van der Waals surface area contributed by atoms with E-state index in [1.165, 1.54) is 0 Å². The Morgan fingerprint density at radius 2 is 2.07 bits per heavy atom. The summed E-state index contributed by atoms with van der Waals surface area (Å²) in [5.74, 6) is 1.38. The van der Waals surface area contributed by atoms with Gasteiger partial charge in [-0.1, -0.05) is 12.1 Å². The summed E-state index contributed by atoms with van der Waals surface area (Å²) in [5.41, 5.74) is 0.554. The first-order chi connectivity index (χ1) is 6.90. The first-order valence-electron chi connectivity index (χ1n) is 4.09. The fourth-order valence-electron chi connectivity index (χ4n) is 1.09. The van der Waals surface area contributed by atoms with E-state index < -0.39 is 0 Å². The van der Waals surface area contributed by atoms with Crippen molar-refractivity contribution in [1.82, 2.24) is 0 Å². The minimum atomic E-state index is 0.554. The second-order valence-corrected chi connectivity index (χ2v) is 3.45. The molecule has 0 spiro atoms. The lowest BCUT2D eigenvalue weighted by molar-refractivity contribution is 0.483. The smallest absolute Gasteiger partial charge is 0.145 e. The van der Waals surface area contributed by atoms with Gasteiger partial charge < -0.3 is 4.74 Å². The Balaban J connectivity index is 2.30. The van der Waals surface area contributed by atoms with Gasteiger partial charge in [0.15, 0.2) is 0 Å². The molecule has 0 saturated carbocycles. The van der Waals surface area contributed by atoms with Crippen molar-refractivity contribution in [2.45, 2.75) is 0 Å². The molecule has 0 unspecified atom stereocenters. The number of hydrogen-bond donors (Lipinski definition) is 0. The highest BCUT2D eigenvalue weighted by Gasteiger charge is 2.02. The molecule has 2 rings (SSSR count). The van der Waals surface area contributed by atoms with E-state index in [1.54, 1.807) is 23.5 Å². The second kappa shape index (κ2) is 3.95. The van der Waals surface area contributed by atoms with Crippen molar-refractivity contribution in [2.24, 2.45) is 0 Å². The van der Waals surface area contributed by atoms with Gasteiger partial charge in [-0.15, -0.1) is 11.3 Å². The zero-order valence-electron chi connectivity index (χ0n) is 7.31. The van der Waals surface area contributed by atoms with Gasteiger partial charge in [0.05, 0.1) is 5.56 Å². The van der Waals surface area contributed by atoms with E-state index in [1.807, 2.05) is 29.0 Å². The number of hydrogen-bond acceptors (Lipinski definition) is 3. The fraction of sp³-hybridized carbons (Fsp3) is 0. The number of rotatable bonds is 2. The maximum Gasteiger partial charge on any atom is 0.145 e. The van der Waals surface area contributed by atoms with Crippen molar-refractivity contribution in [3.8, 4) is 17.6 Å². The van der Waals surface area contributed by atoms with Crippen LogP contribution < -0.4 is 4.74 Å². The zero-order chi connectivity index (χ0) is 9.80. The highest BCUT2D eigenvalue weighted by molar-refractivity contribution is 7.08. The second-order valence-electron chi connectivity index (χ2n) is 2.67. The highest BCUT2D eigenvalue weighted by Crippen LogP contribution is 2.26. The molecule has 0 bridgehead atoms. The summed E-state index contributed by atoms with van der Waals surface area (Å²) < 4.78 is 5.53. The Morgan fingerprint density at radius 1 is 1.21 bits per heavy atom. The molecular formula is C11H7NOS. The summed E-state index contributed by atoms with van der Waals surface area (Å²) in [7, 11) is 0. The van der Waals surface area contributed by atoms with Crippen LogP contribution >= 0.6 is 11.3 Å². The van der Waals surface area contributed by atoms with Gasteiger partial charge in [-0.2, -0.15) is 5.26 Å². The molecule has 0 radical (unpaired) electrons. The standard InChI is InChI=1S/C11H7NOS/c12-7-9-3-1-2-4-11(9)13-10-5-6-14-8-10/h1-6,8H. The van der Waals surface area contributed by atoms with Crippen LogP contribution in [-0.4, -0.2) is 0 Å². The largest absolute Gasteiger partial charge is 0.455 e. The minimum absolute atomic E-state index is 0.554. The predicted octanol–water partition coefficient (Wildman–Crippen LogP) is 3.41. The van der Waals surface area contributed by atoms with E-state index in [2.05, 4.69) is 6.07 Å². The monoisotopic (exact) mass is 201 g/mol. The molecule has 2 aromatic rings. The maximum atomic E-state index is 8.82. The maximum absolute atomic E-state index is 8.82. The molecule has 3 heteroatoms. The summed E-state index contributed by atoms with van der Waals surface area (Å²) >= 11 is 1.56. The van der Waals surface area contributed by atoms with Gasteiger partial charge in [0, 0.05) is 5.38 Å². The third kappa shape index (κ3) is 1.76. The number of thiophene rings is 1. The number of ether oxygens (including phenoxy) is 1. The lowest BCUT2D eigenvalue weighted by Gasteiger charge is -2.03. The molecule has 14 heavy (non-hydrogen) atoms. The van der Waals surface area contributed by atoms with Gasteiger partial charge in [-0.05, 0) is 23.6 Å². The van der Waals surface area contributed by atoms with Gasteiger partial charge in [0.25, 0.3) is 0 Å². The van der Waals surface area contributed by atoms with Crippen LogP contribution in [0.3, 0.4) is 0 Å². The number of para-hydroxylation sites is 1. The average Bonchev–Trinajstić information content (AvgIpc) is 2.71. The molecule has 1 heterocycles. The summed E-state index contributed by atoms with van der Waals surface area (Å²) in [6.45, 7) is 0. The summed E-state index contributed by atoms with van der Waals surface area (Å²) in [5, 5.41) is 12.7. The normalized spacial score (nSPS) is 9.36. The fourth-order valence-corrected chi connectivity index (χ4v) is 1.64. The van der Waals surface area contributed by atoms with Gasteiger partial charge in [0.2, 0.25) is 0 Å². The highest BCUT2D eigenvalue weighted by atomic mass is 32.1. The Bertz CT molecular complexity index is 456. The first kappa shape index (κ1) is 8.79. The molecule has 0 N–H and O–H groups in total. The lowest BCUT2D eigenvalue weighted by atomic mass is 10.2. The number of nitrogens with zero attached hydrogens (tertiary/aromatic N) is 1. The SMILES string of the molecule is N#Cc1ccccc1Oc1ccsc1. The van der Waals surface area contributed by atoms with Crippen LogP contribution in [0.4, 0.5) is 0 Å². The number of nitriles is 1. The van der Waals surface area contributed by atoms with Crippen molar-refractivity contribution in [3.05, 3.63) is 46.7 Å². The summed E-state index contributed by atoms with van der Waals surface area (Å²) in [4.78, 5) is 0. The van der Waals surface area contributed by atoms with Crippen molar-refractivity contribution in [2.75, 3.05) is 0 Å². The van der Waals surface area contributed by atoms with Gasteiger partial charge in [-0.25, -0.2) is 0 Å². The molecule has 0 aliphatic rings. The van der Waals surface area contributed by atoms with Gasteiger partial charge in [-0.3, -0.25) is 0 Å². The van der Waals surface area contributed by atoms with E-state index in [0.717, 1.165) is 5.75 Å². The molecule has 1 aromatic carbocycles.